The predicted molar refractivity (Wildman–Crippen MR) is 97.0 cm³/mol. The minimum Gasteiger partial charge on any atom is -0.337 e. The molecule has 0 fully saturated rings. The topological polar surface area (TPSA) is 81.0 Å². The summed E-state index contributed by atoms with van der Waals surface area (Å²) < 4.78 is 1.57. The molecule has 2 aromatic rings. The minimum atomic E-state index is 0.00548. The van der Waals surface area contributed by atoms with Crippen LogP contribution in [0.5, 0.6) is 0 Å². The Bertz CT molecular complexity index is 732. The van der Waals surface area contributed by atoms with Gasteiger partial charge in [-0.1, -0.05) is 11.8 Å². The van der Waals surface area contributed by atoms with Gasteiger partial charge >= 0.3 is 0 Å². The molecule has 8 heteroatoms. The number of hydrogen-bond donors (Lipinski definition) is 0. The Labute approximate surface area is 151 Å². The van der Waals surface area contributed by atoms with Crippen LogP contribution < -0.4 is 0 Å². The lowest BCUT2D eigenvalue weighted by Gasteiger charge is -2.30. The van der Waals surface area contributed by atoms with Crippen molar-refractivity contribution in [2.45, 2.75) is 51.9 Å². The molecule has 1 aromatic heterocycles. The number of carbonyl (C=O) groups is 2. The van der Waals surface area contributed by atoms with E-state index in [1.165, 1.54) is 18.7 Å². The second-order valence-electron chi connectivity index (χ2n) is 6.25. The number of benzene rings is 1. The van der Waals surface area contributed by atoms with Crippen LogP contribution in [-0.4, -0.2) is 54.6 Å². The van der Waals surface area contributed by atoms with Gasteiger partial charge in [-0.25, -0.2) is 0 Å². The summed E-state index contributed by atoms with van der Waals surface area (Å²) in [5.41, 5.74) is 1.38. The van der Waals surface area contributed by atoms with E-state index in [1.54, 1.807) is 28.9 Å². The third-order valence-corrected chi connectivity index (χ3v) is 4.59. The monoisotopic (exact) mass is 361 g/mol. The Kier molecular flexibility index (Phi) is 6.30. The molecule has 134 valence electrons. The van der Waals surface area contributed by atoms with Gasteiger partial charge in [0.25, 0.3) is 0 Å². The molecular formula is C17H23N5O2S. The van der Waals surface area contributed by atoms with E-state index >= 15 is 0 Å². The van der Waals surface area contributed by atoms with Crippen molar-refractivity contribution in [3.63, 3.8) is 0 Å². The molecular weight excluding hydrogens is 338 g/mol. The Hall–Kier alpha value is -2.22. The first-order valence-corrected chi connectivity index (χ1v) is 9.13. The van der Waals surface area contributed by atoms with Crippen LogP contribution in [0.3, 0.4) is 0 Å². The summed E-state index contributed by atoms with van der Waals surface area (Å²) in [6.45, 7) is 9.53. The molecule has 0 aliphatic rings. The zero-order valence-electron chi connectivity index (χ0n) is 15.1. The Morgan fingerprint density at radius 2 is 1.72 bits per heavy atom. The van der Waals surface area contributed by atoms with Crippen molar-refractivity contribution in [1.82, 2.24) is 25.1 Å². The van der Waals surface area contributed by atoms with Gasteiger partial charge in [0.1, 0.15) is 0 Å². The van der Waals surface area contributed by atoms with E-state index < -0.39 is 0 Å². The number of carbonyl (C=O) groups excluding carboxylic acids is 2. The molecule has 1 amide bonds. The third kappa shape index (κ3) is 4.66. The highest BCUT2D eigenvalue weighted by Crippen LogP contribution is 2.20. The van der Waals surface area contributed by atoms with Gasteiger partial charge in [0.05, 0.1) is 11.4 Å². The SMILES string of the molecule is CC(=O)c1ccc(-n2nnnc2SCC(=O)N(C(C)C)C(C)C)cc1. The maximum Gasteiger partial charge on any atom is 0.233 e. The molecule has 0 saturated heterocycles. The first kappa shape index (κ1) is 19.1. The van der Waals surface area contributed by atoms with Gasteiger partial charge in [-0.05, 0) is 69.3 Å². The largest absolute Gasteiger partial charge is 0.337 e. The van der Waals surface area contributed by atoms with E-state index in [2.05, 4.69) is 15.5 Å². The van der Waals surface area contributed by atoms with Crippen LogP contribution in [0, 0.1) is 0 Å². The van der Waals surface area contributed by atoms with Crippen LogP contribution in [0.25, 0.3) is 5.69 Å². The van der Waals surface area contributed by atoms with Crippen LogP contribution in [0.15, 0.2) is 29.4 Å². The molecule has 0 aliphatic carbocycles. The van der Waals surface area contributed by atoms with Crippen molar-refractivity contribution in [1.29, 1.82) is 0 Å². The quantitative estimate of drug-likeness (QED) is 0.557. The molecule has 0 N–H and O–H groups in total. The Morgan fingerprint density at radius 1 is 1.12 bits per heavy atom. The molecule has 0 atom stereocenters. The molecule has 2 rings (SSSR count). The Balaban J connectivity index is 2.11. The summed E-state index contributed by atoms with van der Waals surface area (Å²) >= 11 is 1.30. The van der Waals surface area contributed by atoms with Gasteiger partial charge in [-0.2, -0.15) is 4.68 Å². The average molecular weight is 361 g/mol. The van der Waals surface area contributed by atoms with Crippen LogP contribution >= 0.6 is 11.8 Å². The molecule has 1 aromatic carbocycles. The second-order valence-corrected chi connectivity index (χ2v) is 7.20. The van der Waals surface area contributed by atoms with E-state index in [1.807, 2.05) is 32.6 Å². The fourth-order valence-electron chi connectivity index (χ4n) is 2.64. The molecule has 1 heterocycles. The van der Waals surface area contributed by atoms with Crippen LogP contribution in [0.4, 0.5) is 0 Å². The van der Waals surface area contributed by atoms with E-state index in [-0.39, 0.29) is 29.5 Å². The summed E-state index contributed by atoms with van der Waals surface area (Å²) in [7, 11) is 0. The van der Waals surface area contributed by atoms with E-state index in [9.17, 15) is 9.59 Å². The van der Waals surface area contributed by atoms with Crippen LogP contribution in [0.1, 0.15) is 45.0 Å². The number of tetrazole rings is 1. The number of aromatic nitrogens is 4. The summed E-state index contributed by atoms with van der Waals surface area (Å²) in [6, 6.07) is 7.32. The lowest BCUT2D eigenvalue weighted by molar-refractivity contribution is -0.131. The number of hydrogen-bond acceptors (Lipinski definition) is 6. The van der Waals surface area contributed by atoms with Crippen molar-refractivity contribution in [2.24, 2.45) is 0 Å². The first-order valence-electron chi connectivity index (χ1n) is 8.15. The smallest absolute Gasteiger partial charge is 0.233 e. The van der Waals surface area contributed by atoms with Crippen molar-refractivity contribution >= 4 is 23.5 Å². The van der Waals surface area contributed by atoms with Gasteiger partial charge in [-0.3, -0.25) is 9.59 Å². The van der Waals surface area contributed by atoms with E-state index in [4.69, 9.17) is 0 Å². The fraction of sp³-hybridized carbons (Fsp3) is 0.471. The van der Waals surface area contributed by atoms with Crippen molar-refractivity contribution in [2.75, 3.05) is 5.75 Å². The highest BCUT2D eigenvalue weighted by Gasteiger charge is 2.21. The number of nitrogens with zero attached hydrogens (tertiary/aromatic N) is 5. The molecule has 0 unspecified atom stereocenters. The zero-order valence-corrected chi connectivity index (χ0v) is 15.9. The van der Waals surface area contributed by atoms with Crippen LogP contribution in [0.2, 0.25) is 0 Å². The van der Waals surface area contributed by atoms with Gasteiger partial charge < -0.3 is 4.90 Å². The molecule has 25 heavy (non-hydrogen) atoms. The first-order chi connectivity index (χ1) is 11.8. The maximum atomic E-state index is 12.5. The molecule has 0 spiro atoms. The van der Waals surface area contributed by atoms with Gasteiger partial charge in [0.2, 0.25) is 11.1 Å². The molecule has 0 bridgehead atoms. The maximum absolute atomic E-state index is 12.5. The fourth-order valence-corrected chi connectivity index (χ4v) is 3.40. The third-order valence-electron chi connectivity index (χ3n) is 3.68. The second kappa shape index (κ2) is 8.24. The number of Topliss-reactive ketones (excluding diaryl/α,β-unsaturated/α-hetero) is 1. The van der Waals surface area contributed by atoms with Crippen molar-refractivity contribution < 1.29 is 9.59 Å². The molecule has 0 radical (unpaired) electrons. The lowest BCUT2D eigenvalue weighted by Crippen LogP contribution is -2.43. The normalized spacial score (nSPS) is 11.2. The minimum absolute atomic E-state index is 0.00548. The molecule has 0 saturated carbocycles. The van der Waals surface area contributed by atoms with Gasteiger partial charge in [0, 0.05) is 17.6 Å². The van der Waals surface area contributed by atoms with Gasteiger partial charge in [-0.15, -0.1) is 5.10 Å². The summed E-state index contributed by atoms with van der Waals surface area (Å²) in [5, 5.41) is 12.2. The summed E-state index contributed by atoms with van der Waals surface area (Å²) in [5.74, 6) is 0.324. The van der Waals surface area contributed by atoms with E-state index in [0.29, 0.717) is 10.7 Å². The predicted octanol–water partition coefficient (Wildman–Crippen LogP) is 2.60. The number of amides is 1. The standard InChI is InChI=1S/C17H23N5O2S/c1-11(2)21(12(3)4)16(24)10-25-17-18-19-20-22(17)15-8-6-14(7-9-15)13(5)23/h6-9,11-12H,10H2,1-5H3. The molecule has 7 nitrogen and oxygen atoms in total. The van der Waals surface area contributed by atoms with E-state index in [0.717, 1.165) is 5.69 Å². The van der Waals surface area contributed by atoms with Crippen molar-refractivity contribution in [3.05, 3.63) is 29.8 Å². The summed E-state index contributed by atoms with van der Waals surface area (Å²) in [6.07, 6.45) is 0. The summed E-state index contributed by atoms with van der Waals surface area (Å²) in [4.78, 5) is 25.7. The zero-order chi connectivity index (χ0) is 18.6. The lowest BCUT2D eigenvalue weighted by atomic mass is 10.1. The average Bonchev–Trinajstić information content (AvgIpc) is 3.00. The van der Waals surface area contributed by atoms with Crippen LogP contribution in [-0.2, 0) is 4.79 Å². The number of ketones is 1. The Morgan fingerprint density at radius 3 is 2.24 bits per heavy atom. The highest BCUT2D eigenvalue weighted by molar-refractivity contribution is 7.99. The number of rotatable bonds is 7. The van der Waals surface area contributed by atoms with Crippen molar-refractivity contribution in [3.8, 4) is 5.69 Å². The van der Waals surface area contributed by atoms with Gasteiger partial charge in [0.15, 0.2) is 5.78 Å². The highest BCUT2D eigenvalue weighted by atomic mass is 32.2. The number of thioether (sulfide) groups is 1. The molecule has 0 aliphatic heterocycles.